The summed E-state index contributed by atoms with van der Waals surface area (Å²) in [5.74, 6) is 1.36. The molecule has 3 heterocycles. The topological polar surface area (TPSA) is 73.5 Å². The molecule has 1 spiro atoms. The first-order chi connectivity index (χ1) is 17.1. The normalized spacial score (nSPS) is 32.6. The van der Waals surface area contributed by atoms with Crippen molar-refractivity contribution in [1.29, 1.82) is 0 Å². The lowest BCUT2D eigenvalue weighted by molar-refractivity contribution is -0.140. The van der Waals surface area contributed by atoms with Crippen molar-refractivity contribution in [3.63, 3.8) is 0 Å². The van der Waals surface area contributed by atoms with Crippen molar-refractivity contribution in [1.82, 2.24) is 20.9 Å². The van der Waals surface area contributed by atoms with Crippen LogP contribution in [0.4, 0.5) is 0 Å². The molecule has 6 rings (SSSR count). The average molecular weight is 479 g/mol. The molecule has 5 aliphatic rings. The molecule has 2 aliphatic carbocycles. The second kappa shape index (κ2) is 9.85. The lowest BCUT2D eigenvalue weighted by Gasteiger charge is -2.33. The SMILES string of the molecule is O=C(N[C@H]1CCc2ccccc21)[C@H]1C[C@H](C2CCCCC2)CN1C(=O)[C@@H]1CC2(CCNCC2)CN1. The van der Waals surface area contributed by atoms with E-state index in [1.807, 2.05) is 4.90 Å². The minimum absolute atomic E-state index is 0.0629. The van der Waals surface area contributed by atoms with Crippen LogP contribution in [0.5, 0.6) is 0 Å². The van der Waals surface area contributed by atoms with E-state index in [0.717, 1.165) is 64.7 Å². The van der Waals surface area contributed by atoms with Crippen molar-refractivity contribution >= 4 is 11.8 Å². The second-order valence-electron chi connectivity index (χ2n) is 12.1. The number of piperidine rings is 1. The molecule has 2 amide bonds. The summed E-state index contributed by atoms with van der Waals surface area (Å²) in [6.07, 6.45) is 12.4. The molecule has 3 N–H and O–H groups in total. The number of rotatable bonds is 4. The van der Waals surface area contributed by atoms with Gasteiger partial charge in [0.15, 0.2) is 0 Å². The standard InChI is InChI=1S/C29H42N4O2/c34-27(32-24-11-10-21-8-4-5-9-23(21)24)26-16-22(20-6-2-1-3-7-20)18-33(26)28(35)25-17-29(19-31-25)12-14-30-15-13-29/h4-5,8-9,20,22,24-26,30-31H,1-3,6-7,10-19H2,(H,32,34)/t22-,24-,25-,26+/m0/s1. The van der Waals surface area contributed by atoms with E-state index in [2.05, 4.69) is 40.2 Å². The van der Waals surface area contributed by atoms with Crippen LogP contribution in [0, 0.1) is 17.3 Å². The zero-order valence-electron chi connectivity index (χ0n) is 21.1. The molecule has 3 saturated heterocycles. The molecule has 6 heteroatoms. The fourth-order valence-electron chi connectivity index (χ4n) is 7.91. The van der Waals surface area contributed by atoms with Gasteiger partial charge in [-0.25, -0.2) is 0 Å². The van der Waals surface area contributed by atoms with Crippen LogP contribution in [0.15, 0.2) is 24.3 Å². The summed E-state index contributed by atoms with van der Waals surface area (Å²) in [5.41, 5.74) is 2.85. The third-order valence-corrected chi connectivity index (χ3v) is 10.0. The molecule has 3 aliphatic heterocycles. The predicted molar refractivity (Wildman–Crippen MR) is 137 cm³/mol. The Morgan fingerprint density at radius 3 is 2.63 bits per heavy atom. The molecule has 1 saturated carbocycles. The summed E-state index contributed by atoms with van der Waals surface area (Å²) in [6, 6.07) is 8.08. The third-order valence-electron chi connectivity index (χ3n) is 10.0. The van der Waals surface area contributed by atoms with Crippen molar-refractivity contribution in [2.45, 2.75) is 88.8 Å². The summed E-state index contributed by atoms with van der Waals surface area (Å²) < 4.78 is 0. The first kappa shape index (κ1) is 23.5. The Kier molecular flexibility index (Phi) is 6.61. The van der Waals surface area contributed by atoms with Gasteiger partial charge in [0.2, 0.25) is 11.8 Å². The Morgan fingerprint density at radius 1 is 1.00 bits per heavy atom. The number of benzene rings is 1. The predicted octanol–water partition coefficient (Wildman–Crippen LogP) is 3.32. The van der Waals surface area contributed by atoms with E-state index in [1.54, 1.807) is 0 Å². The van der Waals surface area contributed by atoms with Gasteiger partial charge < -0.3 is 20.9 Å². The molecule has 0 bridgehead atoms. The number of aryl methyl sites for hydroxylation is 1. The van der Waals surface area contributed by atoms with Gasteiger partial charge in [-0.15, -0.1) is 0 Å². The summed E-state index contributed by atoms with van der Waals surface area (Å²) in [7, 11) is 0. The minimum Gasteiger partial charge on any atom is -0.347 e. The lowest BCUT2D eigenvalue weighted by Crippen LogP contribution is -2.51. The van der Waals surface area contributed by atoms with Gasteiger partial charge in [-0.3, -0.25) is 9.59 Å². The van der Waals surface area contributed by atoms with Gasteiger partial charge in [0.25, 0.3) is 0 Å². The first-order valence-electron chi connectivity index (χ1n) is 14.2. The molecule has 4 atom stereocenters. The van der Waals surface area contributed by atoms with Gasteiger partial charge in [-0.1, -0.05) is 56.4 Å². The molecule has 190 valence electrons. The van der Waals surface area contributed by atoms with Crippen molar-refractivity contribution in [3.05, 3.63) is 35.4 Å². The van der Waals surface area contributed by atoms with E-state index in [4.69, 9.17) is 0 Å². The van der Waals surface area contributed by atoms with Crippen LogP contribution in [0.2, 0.25) is 0 Å². The van der Waals surface area contributed by atoms with Gasteiger partial charge in [0.05, 0.1) is 12.1 Å². The minimum atomic E-state index is -0.325. The summed E-state index contributed by atoms with van der Waals surface area (Å²) in [6.45, 7) is 3.78. The molecule has 6 nitrogen and oxygen atoms in total. The largest absolute Gasteiger partial charge is 0.347 e. The summed E-state index contributed by atoms with van der Waals surface area (Å²) in [5, 5.41) is 10.4. The van der Waals surface area contributed by atoms with Crippen LogP contribution in [-0.4, -0.2) is 55.0 Å². The molecule has 0 aromatic heterocycles. The van der Waals surface area contributed by atoms with E-state index in [0.29, 0.717) is 11.8 Å². The van der Waals surface area contributed by atoms with Gasteiger partial charge in [0, 0.05) is 13.1 Å². The number of hydrogen-bond donors (Lipinski definition) is 3. The highest BCUT2D eigenvalue weighted by Gasteiger charge is 2.48. The Labute approximate surface area is 210 Å². The molecule has 0 radical (unpaired) electrons. The highest BCUT2D eigenvalue weighted by Crippen LogP contribution is 2.41. The first-order valence-corrected chi connectivity index (χ1v) is 14.2. The number of fused-ring (bicyclic) bond motifs is 1. The molecule has 1 aromatic carbocycles. The van der Waals surface area contributed by atoms with E-state index >= 15 is 0 Å². The zero-order valence-corrected chi connectivity index (χ0v) is 21.1. The molecular weight excluding hydrogens is 436 g/mol. The Morgan fingerprint density at radius 2 is 1.80 bits per heavy atom. The number of nitrogens with one attached hydrogen (secondary N) is 3. The van der Waals surface area contributed by atoms with Gasteiger partial charge >= 0.3 is 0 Å². The maximum Gasteiger partial charge on any atom is 0.243 e. The van der Waals surface area contributed by atoms with Gasteiger partial charge in [0.1, 0.15) is 6.04 Å². The summed E-state index contributed by atoms with van der Waals surface area (Å²) in [4.78, 5) is 29.6. The van der Waals surface area contributed by atoms with E-state index in [1.165, 1.54) is 43.2 Å². The highest BCUT2D eigenvalue weighted by molar-refractivity contribution is 5.91. The van der Waals surface area contributed by atoms with Crippen molar-refractivity contribution < 1.29 is 9.59 Å². The monoisotopic (exact) mass is 478 g/mol. The number of carbonyl (C=O) groups excluding carboxylic acids is 2. The molecule has 1 aromatic rings. The molecule has 35 heavy (non-hydrogen) atoms. The van der Waals surface area contributed by atoms with E-state index in [-0.39, 0.29) is 35.4 Å². The van der Waals surface area contributed by atoms with Crippen LogP contribution in [0.25, 0.3) is 0 Å². The van der Waals surface area contributed by atoms with Crippen LogP contribution < -0.4 is 16.0 Å². The highest BCUT2D eigenvalue weighted by atomic mass is 16.2. The van der Waals surface area contributed by atoms with E-state index in [9.17, 15) is 9.59 Å². The number of amides is 2. The smallest absolute Gasteiger partial charge is 0.243 e. The number of hydrogen-bond acceptors (Lipinski definition) is 4. The number of carbonyl (C=O) groups is 2. The van der Waals surface area contributed by atoms with Crippen LogP contribution >= 0.6 is 0 Å². The Bertz CT molecular complexity index is 936. The second-order valence-corrected chi connectivity index (χ2v) is 12.1. The van der Waals surface area contributed by atoms with Crippen LogP contribution in [0.3, 0.4) is 0 Å². The Hall–Kier alpha value is -1.92. The van der Waals surface area contributed by atoms with Gasteiger partial charge in [-0.2, -0.15) is 0 Å². The zero-order chi connectivity index (χ0) is 23.8. The lowest BCUT2D eigenvalue weighted by atomic mass is 9.77. The fourth-order valence-corrected chi connectivity index (χ4v) is 7.91. The van der Waals surface area contributed by atoms with Gasteiger partial charge in [-0.05, 0) is 80.0 Å². The van der Waals surface area contributed by atoms with Crippen molar-refractivity contribution in [3.8, 4) is 0 Å². The molecular formula is C29H42N4O2. The van der Waals surface area contributed by atoms with Crippen LogP contribution in [-0.2, 0) is 16.0 Å². The summed E-state index contributed by atoms with van der Waals surface area (Å²) >= 11 is 0. The Balaban J connectivity index is 1.18. The quantitative estimate of drug-likeness (QED) is 0.621. The van der Waals surface area contributed by atoms with E-state index < -0.39 is 0 Å². The van der Waals surface area contributed by atoms with Crippen molar-refractivity contribution in [2.24, 2.45) is 17.3 Å². The average Bonchev–Trinajstić information content (AvgIpc) is 3.63. The molecule has 0 unspecified atom stereocenters. The molecule has 4 fully saturated rings. The number of nitrogens with zero attached hydrogens (tertiary/aromatic N) is 1. The maximum absolute atomic E-state index is 13.9. The fraction of sp³-hybridized carbons (Fsp3) is 0.724. The van der Waals surface area contributed by atoms with Crippen LogP contribution in [0.1, 0.15) is 81.4 Å². The number of likely N-dealkylation sites (tertiary alicyclic amines) is 1. The third kappa shape index (κ3) is 4.64. The maximum atomic E-state index is 13.9. The van der Waals surface area contributed by atoms with Crippen molar-refractivity contribution in [2.75, 3.05) is 26.2 Å².